The summed E-state index contributed by atoms with van der Waals surface area (Å²) in [5.41, 5.74) is 0. The standard InChI is InChI=1S/C13H12FNO3S/c14-9-4-3-8-6-11(19-10(8)7-9)13(18)15-5-1-2-12(16)17/h3-4,6-7H,1-2,5H2,(H,15,18)(H,16,17). The highest BCUT2D eigenvalue weighted by atomic mass is 32.1. The van der Waals surface area contributed by atoms with Crippen molar-refractivity contribution in [2.75, 3.05) is 6.54 Å². The summed E-state index contributed by atoms with van der Waals surface area (Å²) in [7, 11) is 0. The van der Waals surface area contributed by atoms with Crippen LogP contribution >= 0.6 is 11.3 Å². The van der Waals surface area contributed by atoms with E-state index < -0.39 is 5.97 Å². The zero-order valence-corrected chi connectivity index (χ0v) is 10.8. The molecule has 2 aromatic rings. The molecular formula is C13H12FNO3S. The number of hydrogen-bond donors (Lipinski definition) is 2. The van der Waals surface area contributed by atoms with Crippen LogP contribution < -0.4 is 5.32 Å². The number of aliphatic carboxylic acids is 1. The molecule has 2 rings (SSSR count). The largest absolute Gasteiger partial charge is 0.481 e. The third-order valence-electron chi connectivity index (χ3n) is 2.56. The summed E-state index contributed by atoms with van der Waals surface area (Å²) in [5, 5.41) is 11.9. The molecule has 0 radical (unpaired) electrons. The van der Waals surface area contributed by atoms with E-state index in [-0.39, 0.29) is 18.1 Å². The van der Waals surface area contributed by atoms with E-state index in [0.717, 1.165) is 10.1 Å². The van der Waals surface area contributed by atoms with Gasteiger partial charge in [0.05, 0.1) is 4.88 Å². The van der Waals surface area contributed by atoms with E-state index in [2.05, 4.69) is 5.32 Å². The lowest BCUT2D eigenvalue weighted by atomic mass is 10.2. The molecule has 1 aromatic heterocycles. The van der Waals surface area contributed by atoms with Gasteiger partial charge in [0.1, 0.15) is 5.82 Å². The maximum atomic E-state index is 13.0. The molecule has 100 valence electrons. The highest BCUT2D eigenvalue weighted by molar-refractivity contribution is 7.20. The average Bonchev–Trinajstić information content (AvgIpc) is 2.77. The highest BCUT2D eigenvalue weighted by Crippen LogP contribution is 2.26. The Balaban J connectivity index is 1.99. The van der Waals surface area contributed by atoms with Gasteiger partial charge in [-0.15, -0.1) is 11.3 Å². The number of hydrogen-bond acceptors (Lipinski definition) is 3. The highest BCUT2D eigenvalue weighted by Gasteiger charge is 2.10. The molecular weight excluding hydrogens is 269 g/mol. The third kappa shape index (κ3) is 3.51. The number of carbonyl (C=O) groups is 2. The van der Waals surface area contributed by atoms with Crippen molar-refractivity contribution < 1.29 is 19.1 Å². The first-order chi connectivity index (χ1) is 9.06. The second-order valence-corrected chi connectivity index (χ2v) is 5.13. The Bertz CT molecular complexity index is 623. The fraction of sp³-hybridized carbons (Fsp3) is 0.231. The Kier molecular flexibility index (Phi) is 4.11. The van der Waals surface area contributed by atoms with Gasteiger partial charge >= 0.3 is 5.97 Å². The minimum atomic E-state index is -0.883. The number of halogens is 1. The van der Waals surface area contributed by atoms with Crippen LogP contribution in [0.15, 0.2) is 24.3 Å². The van der Waals surface area contributed by atoms with Crippen molar-refractivity contribution in [3.63, 3.8) is 0 Å². The van der Waals surface area contributed by atoms with Crippen LogP contribution in [0.4, 0.5) is 4.39 Å². The predicted octanol–water partition coefficient (Wildman–Crippen LogP) is 2.64. The minimum Gasteiger partial charge on any atom is -0.481 e. The van der Waals surface area contributed by atoms with E-state index in [9.17, 15) is 14.0 Å². The van der Waals surface area contributed by atoms with Gasteiger partial charge in [0.15, 0.2) is 0 Å². The van der Waals surface area contributed by atoms with E-state index in [1.807, 2.05) is 0 Å². The first-order valence-corrected chi connectivity index (χ1v) is 6.57. The summed E-state index contributed by atoms with van der Waals surface area (Å²) in [5.74, 6) is -1.47. The van der Waals surface area contributed by atoms with E-state index in [4.69, 9.17) is 5.11 Å². The number of thiophene rings is 1. The number of carboxylic acids is 1. The van der Waals surface area contributed by atoms with Gasteiger partial charge in [0.25, 0.3) is 5.91 Å². The van der Waals surface area contributed by atoms with Crippen LogP contribution in [0.5, 0.6) is 0 Å². The van der Waals surface area contributed by atoms with Gasteiger partial charge in [-0.1, -0.05) is 6.07 Å². The van der Waals surface area contributed by atoms with Crippen molar-refractivity contribution in [1.82, 2.24) is 5.32 Å². The predicted molar refractivity (Wildman–Crippen MR) is 71.0 cm³/mol. The Morgan fingerprint density at radius 1 is 1.32 bits per heavy atom. The van der Waals surface area contributed by atoms with Gasteiger partial charge in [-0.25, -0.2) is 4.39 Å². The molecule has 0 saturated carbocycles. The Morgan fingerprint density at radius 3 is 2.84 bits per heavy atom. The van der Waals surface area contributed by atoms with Crippen molar-refractivity contribution in [2.45, 2.75) is 12.8 Å². The molecule has 0 aliphatic rings. The first kappa shape index (κ1) is 13.5. The number of carbonyl (C=O) groups excluding carboxylic acids is 1. The molecule has 0 aliphatic heterocycles. The van der Waals surface area contributed by atoms with Crippen LogP contribution in [0.3, 0.4) is 0 Å². The van der Waals surface area contributed by atoms with Crippen LogP contribution in [0.1, 0.15) is 22.5 Å². The molecule has 1 aromatic carbocycles. The Hall–Kier alpha value is -1.95. The summed E-state index contributed by atoms with van der Waals surface area (Å²) in [4.78, 5) is 22.6. The van der Waals surface area contributed by atoms with Crippen molar-refractivity contribution in [1.29, 1.82) is 0 Å². The van der Waals surface area contributed by atoms with Crippen molar-refractivity contribution in [3.05, 3.63) is 35.0 Å². The van der Waals surface area contributed by atoms with Crippen LogP contribution in [0.2, 0.25) is 0 Å². The van der Waals surface area contributed by atoms with Crippen molar-refractivity contribution in [2.24, 2.45) is 0 Å². The molecule has 0 saturated heterocycles. The second-order valence-electron chi connectivity index (χ2n) is 4.05. The van der Waals surface area contributed by atoms with Crippen LogP contribution in [0, 0.1) is 5.82 Å². The van der Waals surface area contributed by atoms with Gasteiger partial charge in [0, 0.05) is 17.7 Å². The number of amides is 1. The Labute approximate surface area is 112 Å². The van der Waals surface area contributed by atoms with Crippen LogP contribution in [-0.2, 0) is 4.79 Å². The topological polar surface area (TPSA) is 66.4 Å². The monoisotopic (exact) mass is 281 g/mol. The maximum Gasteiger partial charge on any atom is 0.303 e. The lowest BCUT2D eigenvalue weighted by Gasteiger charge is -2.01. The SMILES string of the molecule is O=C(O)CCCNC(=O)c1cc2ccc(F)cc2s1. The van der Waals surface area contributed by atoms with Crippen molar-refractivity contribution in [3.8, 4) is 0 Å². The van der Waals surface area contributed by atoms with Gasteiger partial charge in [-0.2, -0.15) is 0 Å². The summed E-state index contributed by atoms with van der Waals surface area (Å²) >= 11 is 1.22. The summed E-state index contributed by atoms with van der Waals surface area (Å²) in [6.45, 7) is 0.313. The lowest BCUT2D eigenvalue weighted by Crippen LogP contribution is -2.23. The fourth-order valence-corrected chi connectivity index (χ4v) is 2.65. The smallest absolute Gasteiger partial charge is 0.303 e. The molecule has 0 atom stereocenters. The van der Waals surface area contributed by atoms with Gasteiger partial charge in [-0.05, 0) is 30.0 Å². The summed E-state index contributed by atoms with van der Waals surface area (Å²) in [6, 6.07) is 6.07. The molecule has 19 heavy (non-hydrogen) atoms. The zero-order valence-electron chi connectivity index (χ0n) is 9.98. The molecule has 0 unspecified atom stereocenters. The normalized spacial score (nSPS) is 10.6. The fourth-order valence-electron chi connectivity index (χ4n) is 1.65. The number of rotatable bonds is 5. The molecule has 4 nitrogen and oxygen atoms in total. The quantitative estimate of drug-likeness (QED) is 0.828. The molecule has 2 N–H and O–H groups in total. The van der Waals surface area contributed by atoms with Gasteiger partial charge in [0.2, 0.25) is 0 Å². The average molecular weight is 281 g/mol. The molecule has 0 bridgehead atoms. The van der Waals surface area contributed by atoms with Crippen LogP contribution in [-0.4, -0.2) is 23.5 Å². The first-order valence-electron chi connectivity index (χ1n) is 5.75. The van der Waals surface area contributed by atoms with E-state index in [0.29, 0.717) is 17.8 Å². The zero-order chi connectivity index (χ0) is 13.8. The molecule has 1 amide bonds. The second kappa shape index (κ2) is 5.79. The number of benzene rings is 1. The molecule has 1 heterocycles. The molecule has 0 fully saturated rings. The van der Waals surface area contributed by atoms with E-state index in [1.165, 1.54) is 23.5 Å². The number of nitrogens with one attached hydrogen (secondary N) is 1. The van der Waals surface area contributed by atoms with Gasteiger partial charge in [-0.3, -0.25) is 9.59 Å². The number of fused-ring (bicyclic) bond motifs is 1. The van der Waals surface area contributed by atoms with Gasteiger partial charge < -0.3 is 10.4 Å². The molecule has 0 spiro atoms. The maximum absolute atomic E-state index is 13.0. The third-order valence-corrected chi connectivity index (χ3v) is 3.66. The van der Waals surface area contributed by atoms with E-state index in [1.54, 1.807) is 12.1 Å². The summed E-state index contributed by atoms with van der Waals surface area (Å²) in [6.07, 6.45) is 0.415. The molecule has 6 heteroatoms. The molecule has 0 aliphatic carbocycles. The van der Waals surface area contributed by atoms with Crippen molar-refractivity contribution >= 4 is 33.3 Å². The summed E-state index contributed by atoms with van der Waals surface area (Å²) < 4.78 is 13.7. The Morgan fingerprint density at radius 2 is 2.11 bits per heavy atom. The number of carboxylic acid groups (broad SMARTS) is 1. The minimum absolute atomic E-state index is 0.0257. The van der Waals surface area contributed by atoms with Crippen LogP contribution in [0.25, 0.3) is 10.1 Å². The lowest BCUT2D eigenvalue weighted by molar-refractivity contribution is -0.137. The van der Waals surface area contributed by atoms with E-state index >= 15 is 0 Å².